The molecule has 0 unspecified atom stereocenters. The van der Waals surface area contributed by atoms with Crippen LogP contribution < -0.4 is 5.32 Å². The summed E-state index contributed by atoms with van der Waals surface area (Å²) in [5.41, 5.74) is 4.85. The number of carbonyl (C=O) groups excluding carboxylic acids is 1. The molecule has 0 bridgehead atoms. The molecule has 0 aliphatic heterocycles. The van der Waals surface area contributed by atoms with Gasteiger partial charge in [-0.3, -0.25) is 4.79 Å². The number of anilines is 1. The minimum Gasteiger partial charge on any atom is -0.467 e. The largest absolute Gasteiger partial charge is 0.467 e. The van der Waals surface area contributed by atoms with Gasteiger partial charge in [0.05, 0.1) is 18.8 Å². The maximum atomic E-state index is 12.5. The SMILES string of the molecule is Cc1cc(C=CC(=O)Nc2ccc(-c3nnnn3C3CC3)cc2)c(C)n1Cc1ccco1. The van der Waals surface area contributed by atoms with Gasteiger partial charge in [-0.2, -0.15) is 0 Å². The standard InChI is InChI=1S/C24H24N6O2/c1-16-14-19(17(2)29(16)15-22-4-3-13-32-22)7-12-23(31)25-20-8-5-18(6-9-20)24-26-27-28-30(24)21-10-11-21/h3-9,12-14,21H,10-11,15H2,1-2H3,(H,25,31). The Kier molecular flexibility index (Phi) is 5.18. The number of aryl methyl sites for hydroxylation is 1. The van der Waals surface area contributed by atoms with Gasteiger partial charge in [0, 0.05) is 28.7 Å². The average Bonchev–Trinajstić information content (AvgIpc) is 3.19. The van der Waals surface area contributed by atoms with E-state index in [0.29, 0.717) is 12.6 Å². The highest BCUT2D eigenvalue weighted by molar-refractivity contribution is 6.02. The van der Waals surface area contributed by atoms with Gasteiger partial charge in [0.2, 0.25) is 5.91 Å². The Balaban J connectivity index is 1.24. The van der Waals surface area contributed by atoms with Crippen LogP contribution in [0.15, 0.2) is 59.2 Å². The normalized spacial score (nSPS) is 13.7. The minimum atomic E-state index is -0.184. The van der Waals surface area contributed by atoms with E-state index in [1.165, 1.54) is 0 Å². The van der Waals surface area contributed by atoms with E-state index in [-0.39, 0.29) is 5.91 Å². The van der Waals surface area contributed by atoms with Crippen molar-refractivity contribution in [3.05, 3.63) is 77.5 Å². The molecule has 1 N–H and O–H groups in total. The molecule has 0 spiro atoms. The van der Waals surface area contributed by atoms with Crippen molar-refractivity contribution in [2.75, 3.05) is 5.32 Å². The van der Waals surface area contributed by atoms with E-state index in [4.69, 9.17) is 4.42 Å². The van der Waals surface area contributed by atoms with Gasteiger partial charge in [-0.15, -0.1) is 5.10 Å². The molecule has 1 saturated carbocycles. The van der Waals surface area contributed by atoms with Gasteiger partial charge in [-0.05, 0) is 91.2 Å². The molecule has 1 aromatic carbocycles. The summed E-state index contributed by atoms with van der Waals surface area (Å²) in [5.74, 6) is 1.47. The highest BCUT2D eigenvalue weighted by Gasteiger charge is 2.28. The van der Waals surface area contributed by atoms with Crippen molar-refractivity contribution in [2.45, 2.75) is 39.3 Å². The number of tetrazole rings is 1. The number of aromatic nitrogens is 5. The van der Waals surface area contributed by atoms with Crippen LogP contribution in [0.3, 0.4) is 0 Å². The molecule has 0 atom stereocenters. The summed E-state index contributed by atoms with van der Waals surface area (Å²) in [4.78, 5) is 12.5. The lowest BCUT2D eigenvalue weighted by molar-refractivity contribution is -0.111. The van der Waals surface area contributed by atoms with E-state index < -0.39 is 0 Å². The van der Waals surface area contributed by atoms with Crippen molar-refractivity contribution >= 4 is 17.7 Å². The maximum Gasteiger partial charge on any atom is 0.248 e. The molecule has 8 heteroatoms. The molecule has 8 nitrogen and oxygen atoms in total. The third kappa shape index (κ3) is 4.12. The fourth-order valence-corrected chi connectivity index (χ4v) is 3.80. The molecule has 1 aliphatic carbocycles. The number of hydrogen-bond acceptors (Lipinski definition) is 5. The second kappa shape index (κ2) is 8.30. The number of rotatable bonds is 7. The van der Waals surface area contributed by atoms with Crippen molar-refractivity contribution in [1.29, 1.82) is 0 Å². The second-order valence-corrected chi connectivity index (χ2v) is 8.07. The Morgan fingerprint density at radius 1 is 1.22 bits per heavy atom. The summed E-state index contributed by atoms with van der Waals surface area (Å²) in [7, 11) is 0. The molecule has 32 heavy (non-hydrogen) atoms. The zero-order valence-corrected chi connectivity index (χ0v) is 18.0. The molecule has 3 aromatic heterocycles. The molecular weight excluding hydrogens is 404 g/mol. The Labute approximate surface area is 185 Å². The second-order valence-electron chi connectivity index (χ2n) is 8.07. The van der Waals surface area contributed by atoms with Gasteiger partial charge in [0.1, 0.15) is 5.76 Å². The lowest BCUT2D eigenvalue weighted by Gasteiger charge is -2.07. The number of carbonyl (C=O) groups is 1. The van der Waals surface area contributed by atoms with Gasteiger partial charge in [0.25, 0.3) is 0 Å². The first-order chi connectivity index (χ1) is 15.6. The van der Waals surface area contributed by atoms with Crippen LogP contribution in [0, 0.1) is 13.8 Å². The van der Waals surface area contributed by atoms with Gasteiger partial charge in [-0.25, -0.2) is 4.68 Å². The highest BCUT2D eigenvalue weighted by atomic mass is 16.3. The zero-order valence-electron chi connectivity index (χ0n) is 18.0. The first-order valence-electron chi connectivity index (χ1n) is 10.6. The van der Waals surface area contributed by atoms with Crippen molar-refractivity contribution in [1.82, 2.24) is 24.8 Å². The fraction of sp³-hybridized carbons (Fsp3) is 0.250. The number of hydrogen-bond donors (Lipinski definition) is 1. The summed E-state index contributed by atoms with van der Waals surface area (Å²) >= 11 is 0. The monoisotopic (exact) mass is 428 g/mol. The Hall–Kier alpha value is -3.94. The Morgan fingerprint density at radius 2 is 2.03 bits per heavy atom. The lowest BCUT2D eigenvalue weighted by Crippen LogP contribution is -2.07. The van der Waals surface area contributed by atoms with E-state index in [0.717, 1.165) is 52.6 Å². The Morgan fingerprint density at radius 3 is 2.75 bits per heavy atom. The predicted octanol–water partition coefficient (Wildman–Crippen LogP) is 4.39. The van der Waals surface area contributed by atoms with E-state index in [1.54, 1.807) is 12.3 Å². The zero-order chi connectivity index (χ0) is 22.1. The molecule has 0 saturated heterocycles. The molecule has 5 rings (SSSR count). The van der Waals surface area contributed by atoms with Gasteiger partial charge >= 0.3 is 0 Å². The predicted molar refractivity (Wildman–Crippen MR) is 121 cm³/mol. The molecule has 162 valence electrons. The number of furan rings is 1. The van der Waals surface area contributed by atoms with Crippen LogP contribution in [-0.2, 0) is 11.3 Å². The molecule has 3 heterocycles. The molecule has 4 aromatic rings. The number of amides is 1. The van der Waals surface area contributed by atoms with Crippen molar-refractivity contribution in [3.8, 4) is 11.4 Å². The van der Waals surface area contributed by atoms with Crippen molar-refractivity contribution < 1.29 is 9.21 Å². The topological polar surface area (TPSA) is 90.8 Å². The number of benzene rings is 1. The molecule has 1 aliphatic rings. The smallest absolute Gasteiger partial charge is 0.248 e. The van der Waals surface area contributed by atoms with Crippen molar-refractivity contribution in [3.63, 3.8) is 0 Å². The molecule has 0 radical (unpaired) electrons. The van der Waals surface area contributed by atoms with Crippen LogP contribution >= 0.6 is 0 Å². The lowest BCUT2D eigenvalue weighted by atomic mass is 10.2. The number of nitrogens with one attached hydrogen (secondary N) is 1. The fourth-order valence-electron chi connectivity index (χ4n) is 3.80. The van der Waals surface area contributed by atoms with E-state index in [1.807, 2.05) is 54.1 Å². The summed E-state index contributed by atoms with van der Waals surface area (Å²) in [6, 6.07) is 13.9. The minimum absolute atomic E-state index is 0.184. The van der Waals surface area contributed by atoms with E-state index in [9.17, 15) is 4.79 Å². The third-order valence-electron chi connectivity index (χ3n) is 5.72. The van der Waals surface area contributed by atoms with E-state index in [2.05, 4.69) is 38.4 Å². The molecule has 1 fully saturated rings. The van der Waals surface area contributed by atoms with Crippen LogP contribution in [0.25, 0.3) is 17.5 Å². The van der Waals surface area contributed by atoms with Gasteiger partial charge < -0.3 is 14.3 Å². The summed E-state index contributed by atoms with van der Waals surface area (Å²) in [6.07, 6.45) is 7.30. The summed E-state index contributed by atoms with van der Waals surface area (Å²) in [6.45, 7) is 4.76. The van der Waals surface area contributed by atoms with Crippen LogP contribution in [0.2, 0.25) is 0 Å². The maximum absolute atomic E-state index is 12.5. The van der Waals surface area contributed by atoms with Crippen molar-refractivity contribution in [2.24, 2.45) is 0 Å². The van der Waals surface area contributed by atoms with Crippen LogP contribution in [0.4, 0.5) is 5.69 Å². The number of nitrogens with zero attached hydrogens (tertiary/aromatic N) is 5. The highest BCUT2D eigenvalue weighted by Crippen LogP contribution is 2.36. The summed E-state index contributed by atoms with van der Waals surface area (Å²) in [5, 5.41) is 14.9. The third-order valence-corrected chi connectivity index (χ3v) is 5.72. The van der Waals surface area contributed by atoms with Gasteiger partial charge in [0.15, 0.2) is 5.82 Å². The first kappa shape index (κ1) is 20.0. The van der Waals surface area contributed by atoms with E-state index >= 15 is 0 Å². The summed E-state index contributed by atoms with van der Waals surface area (Å²) < 4.78 is 9.50. The molecule has 1 amide bonds. The Bertz CT molecular complexity index is 1260. The van der Waals surface area contributed by atoms with Crippen LogP contribution in [0.5, 0.6) is 0 Å². The first-order valence-corrected chi connectivity index (χ1v) is 10.6. The average molecular weight is 428 g/mol. The van der Waals surface area contributed by atoms with Crippen LogP contribution in [-0.4, -0.2) is 30.7 Å². The quantitative estimate of drug-likeness (QED) is 0.441. The van der Waals surface area contributed by atoms with Gasteiger partial charge in [-0.1, -0.05) is 0 Å². The molecular formula is C24H24N6O2. The van der Waals surface area contributed by atoms with Crippen LogP contribution in [0.1, 0.15) is 41.6 Å².